The molecule has 4 nitrogen and oxygen atoms in total. The first-order valence-corrected chi connectivity index (χ1v) is 9.12. The van der Waals surface area contributed by atoms with E-state index < -0.39 is 8.07 Å². The molecule has 92 valence electrons. The molecule has 0 saturated carbocycles. The molecule has 5 heteroatoms. The summed E-state index contributed by atoms with van der Waals surface area (Å²) in [5.41, 5.74) is 4.09. The summed E-state index contributed by atoms with van der Waals surface area (Å²) in [6.45, 7) is 8.87. The zero-order chi connectivity index (χ0) is 12.9. The average Bonchev–Trinajstić information content (AvgIpc) is 2.62. The minimum atomic E-state index is -1.37. The number of hydrogen-bond acceptors (Lipinski definition) is 3. The maximum Gasteiger partial charge on any atom is 0.327 e. The number of hydrogen-bond donors (Lipinski definition) is 0. The smallest absolute Gasteiger partial charge is 0.327 e. The molecule has 0 aromatic carbocycles. The predicted molar refractivity (Wildman–Crippen MR) is 69.1 cm³/mol. The lowest BCUT2D eigenvalue weighted by Crippen LogP contribution is -2.16. The van der Waals surface area contributed by atoms with Gasteiger partial charge in [0.2, 0.25) is 0 Å². The SMILES string of the molecule is CCOC(=O)Cn1cc(C#C[Si](C)(C)C)cn1. The predicted octanol–water partition coefficient (Wildman–Crippen LogP) is 1.68. The van der Waals surface area contributed by atoms with Crippen molar-refractivity contribution in [1.82, 2.24) is 9.78 Å². The zero-order valence-corrected chi connectivity index (χ0v) is 11.8. The summed E-state index contributed by atoms with van der Waals surface area (Å²) in [5, 5.41) is 4.07. The largest absolute Gasteiger partial charge is 0.465 e. The van der Waals surface area contributed by atoms with Gasteiger partial charge in [0.1, 0.15) is 14.6 Å². The molecule has 0 aliphatic rings. The quantitative estimate of drug-likeness (QED) is 0.466. The summed E-state index contributed by atoms with van der Waals surface area (Å²) < 4.78 is 6.39. The standard InChI is InChI=1S/C12H18N2O2Si/c1-5-16-12(15)10-14-9-11(8-13-14)6-7-17(2,3)4/h8-9H,5,10H2,1-4H3. The van der Waals surface area contributed by atoms with Gasteiger partial charge in [0.15, 0.2) is 0 Å². The molecule has 0 spiro atoms. The highest BCUT2D eigenvalue weighted by Crippen LogP contribution is 2.00. The van der Waals surface area contributed by atoms with Gasteiger partial charge >= 0.3 is 5.97 Å². The first-order valence-electron chi connectivity index (χ1n) is 5.62. The lowest BCUT2D eigenvalue weighted by Gasteiger charge is -2.02. The Bertz CT molecular complexity index is 449. The Morgan fingerprint density at radius 2 is 2.24 bits per heavy atom. The maximum absolute atomic E-state index is 11.2. The van der Waals surface area contributed by atoms with Crippen LogP contribution in [0, 0.1) is 11.5 Å². The molecule has 0 bridgehead atoms. The van der Waals surface area contributed by atoms with Crippen LogP contribution in [0.2, 0.25) is 19.6 Å². The summed E-state index contributed by atoms with van der Waals surface area (Å²) in [4.78, 5) is 11.2. The van der Waals surface area contributed by atoms with E-state index in [0.29, 0.717) is 6.61 Å². The van der Waals surface area contributed by atoms with Gasteiger partial charge in [-0.2, -0.15) is 5.10 Å². The number of carbonyl (C=O) groups is 1. The van der Waals surface area contributed by atoms with Crippen LogP contribution in [0.25, 0.3) is 0 Å². The van der Waals surface area contributed by atoms with Gasteiger partial charge in [-0.25, -0.2) is 0 Å². The minimum absolute atomic E-state index is 0.141. The molecule has 0 amide bonds. The molecule has 0 radical (unpaired) electrons. The van der Waals surface area contributed by atoms with E-state index in [0.717, 1.165) is 5.56 Å². The number of ether oxygens (including phenoxy) is 1. The fourth-order valence-corrected chi connectivity index (χ4v) is 1.63. The molecule has 1 aromatic rings. The van der Waals surface area contributed by atoms with Crippen LogP contribution in [0.4, 0.5) is 0 Å². The van der Waals surface area contributed by atoms with E-state index in [1.807, 2.05) is 0 Å². The van der Waals surface area contributed by atoms with Crippen molar-refractivity contribution in [2.24, 2.45) is 0 Å². The van der Waals surface area contributed by atoms with Crippen molar-refractivity contribution in [2.45, 2.75) is 33.1 Å². The van der Waals surface area contributed by atoms with Crippen LogP contribution in [0.5, 0.6) is 0 Å². The molecule has 0 unspecified atom stereocenters. The molecular formula is C12H18N2O2Si. The fourth-order valence-electron chi connectivity index (χ4n) is 1.11. The van der Waals surface area contributed by atoms with Gasteiger partial charge in [0.25, 0.3) is 0 Å². The molecule has 0 N–H and O–H groups in total. The Kier molecular flexibility index (Phi) is 4.52. The Hall–Kier alpha value is -1.54. The Balaban J connectivity index is 2.65. The van der Waals surface area contributed by atoms with Crippen LogP contribution in [0.15, 0.2) is 12.4 Å². The molecule has 0 saturated heterocycles. The molecule has 17 heavy (non-hydrogen) atoms. The number of rotatable bonds is 3. The number of aromatic nitrogens is 2. The van der Waals surface area contributed by atoms with Crippen molar-refractivity contribution in [3.05, 3.63) is 18.0 Å². The van der Waals surface area contributed by atoms with Crippen LogP contribution >= 0.6 is 0 Å². The van der Waals surface area contributed by atoms with E-state index in [2.05, 4.69) is 36.2 Å². The topological polar surface area (TPSA) is 44.1 Å². The van der Waals surface area contributed by atoms with Gasteiger partial charge in [-0.15, -0.1) is 5.54 Å². The Morgan fingerprint density at radius 1 is 1.53 bits per heavy atom. The number of carbonyl (C=O) groups excluding carboxylic acids is 1. The van der Waals surface area contributed by atoms with Crippen LogP contribution in [0.1, 0.15) is 12.5 Å². The van der Waals surface area contributed by atoms with Gasteiger partial charge in [-0.3, -0.25) is 9.48 Å². The second kappa shape index (κ2) is 5.69. The summed E-state index contributed by atoms with van der Waals surface area (Å²) in [6, 6.07) is 0. The van der Waals surface area contributed by atoms with Gasteiger partial charge in [-0.05, 0) is 6.92 Å². The molecule has 0 atom stereocenters. The van der Waals surface area contributed by atoms with E-state index in [1.54, 1.807) is 24.0 Å². The van der Waals surface area contributed by atoms with Crippen LogP contribution < -0.4 is 0 Å². The lowest BCUT2D eigenvalue weighted by molar-refractivity contribution is -0.144. The van der Waals surface area contributed by atoms with E-state index in [-0.39, 0.29) is 12.5 Å². The summed E-state index contributed by atoms with van der Waals surface area (Å²) >= 11 is 0. The first kappa shape index (κ1) is 13.5. The second-order valence-electron chi connectivity index (χ2n) is 4.73. The zero-order valence-electron chi connectivity index (χ0n) is 10.8. The van der Waals surface area contributed by atoms with Crippen molar-refractivity contribution >= 4 is 14.0 Å². The van der Waals surface area contributed by atoms with Gasteiger partial charge < -0.3 is 4.74 Å². The van der Waals surface area contributed by atoms with Gasteiger partial charge in [0, 0.05) is 6.20 Å². The van der Waals surface area contributed by atoms with E-state index >= 15 is 0 Å². The third-order valence-corrected chi connectivity index (χ3v) is 2.69. The maximum atomic E-state index is 11.2. The van der Waals surface area contributed by atoms with Crippen molar-refractivity contribution in [3.63, 3.8) is 0 Å². The molecule has 0 aliphatic heterocycles. The van der Waals surface area contributed by atoms with Crippen LogP contribution in [-0.2, 0) is 16.1 Å². The molecule has 1 aromatic heterocycles. The molecule has 0 fully saturated rings. The van der Waals surface area contributed by atoms with E-state index in [9.17, 15) is 4.79 Å². The number of nitrogens with zero attached hydrogens (tertiary/aromatic N) is 2. The average molecular weight is 250 g/mol. The van der Waals surface area contributed by atoms with Crippen LogP contribution in [-0.4, -0.2) is 30.4 Å². The van der Waals surface area contributed by atoms with Crippen LogP contribution in [0.3, 0.4) is 0 Å². The first-order chi connectivity index (χ1) is 7.90. The Morgan fingerprint density at radius 3 is 2.82 bits per heavy atom. The molecule has 1 rings (SSSR count). The molecule has 1 heterocycles. The monoisotopic (exact) mass is 250 g/mol. The van der Waals surface area contributed by atoms with E-state index in [1.165, 1.54) is 0 Å². The highest BCUT2D eigenvalue weighted by molar-refractivity contribution is 6.83. The number of esters is 1. The second-order valence-corrected chi connectivity index (χ2v) is 9.48. The molecular weight excluding hydrogens is 232 g/mol. The van der Waals surface area contributed by atoms with Crippen molar-refractivity contribution in [3.8, 4) is 11.5 Å². The minimum Gasteiger partial charge on any atom is -0.465 e. The normalized spacial score (nSPS) is 10.6. The lowest BCUT2D eigenvalue weighted by atomic mass is 10.4. The van der Waals surface area contributed by atoms with Crippen molar-refractivity contribution < 1.29 is 9.53 Å². The highest BCUT2D eigenvalue weighted by atomic mass is 28.3. The van der Waals surface area contributed by atoms with Crippen molar-refractivity contribution in [2.75, 3.05) is 6.61 Å². The third-order valence-electron chi connectivity index (χ3n) is 1.81. The fraction of sp³-hybridized carbons (Fsp3) is 0.500. The van der Waals surface area contributed by atoms with Gasteiger partial charge in [-0.1, -0.05) is 25.6 Å². The van der Waals surface area contributed by atoms with Crippen molar-refractivity contribution in [1.29, 1.82) is 0 Å². The summed E-state index contributed by atoms with van der Waals surface area (Å²) in [6.07, 6.45) is 3.44. The Labute approximate surface area is 103 Å². The highest BCUT2D eigenvalue weighted by Gasteiger charge is 2.08. The third kappa shape index (κ3) is 5.36. The van der Waals surface area contributed by atoms with E-state index in [4.69, 9.17) is 4.74 Å². The molecule has 0 aliphatic carbocycles. The summed E-state index contributed by atoms with van der Waals surface area (Å²) in [5.74, 6) is 2.81. The van der Waals surface area contributed by atoms with Gasteiger partial charge in [0.05, 0.1) is 18.4 Å². The summed E-state index contributed by atoms with van der Waals surface area (Å²) in [7, 11) is -1.37.